The van der Waals surface area contributed by atoms with E-state index in [0.717, 1.165) is 56.3 Å². The fraction of sp³-hybridized carbons (Fsp3) is 0.429. The zero-order valence-corrected chi connectivity index (χ0v) is 22.7. The number of nitrogens with one attached hydrogen (secondary N) is 1. The summed E-state index contributed by atoms with van der Waals surface area (Å²) in [5.74, 6) is 3.61. The highest BCUT2D eigenvalue weighted by atomic mass is 32.2. The largest absolute Gasteiger partial charge is 0.493 e. The lowest BCUT2D eigenvalue weighted by atomic mass is 10.2. The Labute approximate surface area is 223 Å². The molecule has 1 saturated heterocycles. The summed E-state index contributed by atoms with van der Waals surface area (Å²) in [6.45, 7) is 8.63. The number of hydrogen-bond donors (Lipinski definition) is 1. The zero-order valence-electron chi connectivity index (χ0n) is 21.9. The second-order valence-corrected chi connectivity index (χ2v) is 10.0. The summed E-state index contributed by atoms with van der Waals surface area (Å²) in [5, 5.41) is 3.05. The normalized spacial score (nSPS) is 14.5. The maximum absolute atomic E-state index is 12.3. The van der Waals surface area contributed by atoms with Gasteiger partial charge in [0.1, 0.15) is 5.76 Å². The Hall–Kier alpha value is -3.01. The minimum Gasteiger partial charge on any atom is -0.493 e. The van der Waals surface area contributed by atoms with E-state index in [0.29, 0.717) is 35.4 Å². The van der Waals surface area contributed by atoms with Crippen LogP contribution in [0.2, 0.25) is 0 Å². The molecule has 0 bridgehead atoms. The van der Waals surface area contributed by atoms with E-state index >= 15 is 0 Å². The van der Waals surface area contributed by atoms with Gasteiger partial charge < -0.3 is 19.2 Å². The first-order valence-electron chi connectivity index (χ1n) is 12.6. The number of piperazine rings is 1. The van der Waals surface area contributed by atoms with Crippen LogP contribution in [-0.4, -0.2) is 79.9 Å². The quantitative estimate of drug-likeness (QED) is 0.383. The van der Waals surface area contributed by atoms with Crippen LogP contribution >= 0.6 is 11.8 Å². The van der Waals surface area contributed by atoms with Crippen molar-refractivity contribution < 1.29 is 18.7 Å². The molecule has 0 spiro atoms. The molecule has 8 nitrogen and oxygen atoms in total. The van der Waals surface area contributed by atoms with E-state index in [-0.39, 0.29) is 5.91 Å². The molecule has 2 aromatic carbocycles. The maximum Gasteiger partial charge on any atom is 0.230 e. The van der Waals surface area contributed by atoms with Gasteiger partial charge in [0, 0.05) is 57.1 Å². The first-order valence-corrected chi connectivity index (χ1v) is 13.7. The third-order valence-corrected chi connectivity index (χ3v) is 7.40. The van der Waals surface area contributed by atoms with Crippen LogP contribution in [0.1, 0.15) is 17.0 Å². The number of benzene rings is 2. The summed E-state index contributed by atoms with van der Waals surface area (Å²) < 4.78 is 16.5. The van der Waals surface area contributed by atoms with Gasteiger partial charge in [-0.15, -0.1) is 11.8 Å². The van der Waals surface area contributed by atoms with Crippen LogP contribution in [0.4, 0.5) is 0 Å². The Morgan fingerprint density at radius 2 is 1.76 bits per heavy atom. The first kappa shape index (κ1) is 27.0. The average molecular weight is 525 g/mol. The van der Waals surface area contributed by atoms with Crippen molar-refractivity contribution >= 4 is 17.7 Å². The van der Waals surface area contributed by atoms with Crippen LogP contribution in [0.5, 0.6) is 11.5 Å². The van der Waals surface area contributed by atoms with Crippen molar-refractivity contribution in [3.63, 3.8) is 0 Å². The number of carbonyl (C=O) groups excluding carboxylic acids is 1. The van der Waals surface area contributed by atoms with Crippen LogP contribution < -0.4 is 14.8 Å². The number of oxazole rings is 1. The Balaban J connectivity index is 1.14. The van der Waals surface area contributed by atoms with Crippen LogP contribution in [-0.2, 0) is 17.1 Å². The summed E-state index contributed by atoms with van der Waals surface area (Å²) in [5.41, 5.74) is 3.02. The lowest BCUT2D eigenvalue weighted by molar-refractivity contribution is -0.118. The van der Waals surface area contributed by atoms with E-state index in [1.807, 2.05) is 25.1 Å². The molecule has 3 aromatic rings. The SMILES string of the molecule is COc1ccc(-c2nc(CSCC(=O)NCCN3CCN(Cc4ccccc4)CC3)c(C)o2)cc1OC. The Morgan fingerprint density at radius 1 is 1.03 bits per heavy atom. The van der Waals surface area contributed by atoms with E-state index in [1.165, 1.54) is 17.3 Å². The van der Waals surface area contributed by atoms with Gasteiger partial charge in [-0.1, -0.05) is 30.3 Å². The molecule has 1 amide bonds. The maximum atomic E-state index is 12.3. The van der Waals surface area contributed by atoms with Gasteiger partial charge in [-0.05, 0) is 30.7 Å². The molecule has 0 atom stereocenters. The molecule has 0 aliphatic carbocycles. The van der Waals surface area contributed by atoms with Crippen LogP contribution in [0.3, 0.4) is 0 Å². The summed E-state index contributed by atoms with van der Waals surface area (Å²) in [6.07, 6.45) is 0. The van der Waals surface area contributed by atoms with Crippen molar-refractivity contribution in [1.82, 2.24) is 20.1 Å². The number of methoxy groups -OCH3 is 2. The van der Waals surface area contributed by atoms with Gasteiger partial charge in [-0.25, -0.2) is 4.98 Å². The molecule has 9 heteroatoms. The monoisotopic (exact) mass is 524 g/mol. The highest BCUT2D eigenvalue weighted by molar-refractivity contribution is 7.99. The van der Waals surface area contributed by atoms with E-state index in [2.05, 4.69) is 50.4 Å². The number of hydrogen-bond acceptors (Lipinski definition) is 8. The van der Waals surface area contributed by atoms with Crippen molar-refractivity contribution in [2.75, 3.05) is 59.2 Å². The van der Waals surface area contributed by atoms with Crippen molar-refractivity contribution in [3.05, 3.63) is 65.5 Å². The molecule has 1 fully saturated rings. The Morgan fingerprint density at radius 3 is 2.49 bits per heavy atom. The summed E-state index contributed by atoms with van der Waals surface area (Å²) in [6, 6.07) is 16.2. The summed E-state index contributed by atoms with van der Waals surface area (Å²) in [4.78, 5) is 21.9. The molecule has 0 radical (unpaired) electrons. The number of rotatable bonds is 12. The molecule has 0 unspecified atom stereocenters. The first-order chi connectivity index (χ1) is 18.1. The molecule has 1 N–H and O–H groups in total. The van der Waals surface area contributed by atoms with Crippen molar-refractivity contribution in [2.45, 2.75) is 19.2 Å². The number of amides is 1. The molecule has 1 aliphatic heterocycles. The molecule has 2 heterocycles. The van der Waals surface area contributed by atoms with Gasteiger partial charge in [0.2, 0.25) is 11.8 Å². The third kappa shape index (κ3) is 7.74. The smallest absolute Gasteiger partial charge is 0.230 e. The third-order valence-electron chi connectivity index (χ3n) is 6.46. The predicted octanol–water partition coefficient (Wildman–Crippen LogP) is 3.83. The topological polar surface area (TPSA) is 80.1 Å². The Kier molecular flexibility index (Phi) is 9.87. The molecule has 1 aromatic heterocycles. The highest BCUT2D eigenvalue weighted by Crippen LogP contribution is 2.33. The fourth-order valence-corrected chi connectivity index (χ4v) is 5.16. The average Bonchev–Trinajstić information content (AvgIpc) is 3.30. The second kappa shape index (κ2) is 13.5. The number of aryl methyl sites for hydroxylation is 1. The highest BCUT2D eigenvalue weighted by Gasteiger charge is 2.17. The van der Waals surface area contributed by atoms with Gasteiger partial charge in [0.25, 0.3) is 0 Å². The molecule has 0 saturated carbocycles. The van der Waals surface area contributed by atoms with Crippen molar-refractivity contribution in [1.29, 1.82) is 0 Å². The van der Waals surface area contributed by atoms with E-state index in [1.54, 1.807) is 14.2 Å². The van der Waals surface area contributed by atoms with Gasteiger partial charge in [-0.2, -0.15) is 0 Å². The van der Waals surface area contributed by atoms with E-state index in [4.69, 9.17) is 13.9 Å². The molecule has 37 heavy (non-hydrogen) atoms. The van der Waals surface area contributed by atoms with Gasteiger partial charge >= 0.3 is 0 Å². The number of thioether (sulfide) groups is 1. The second-order valence-electron chi connectivity index (χ2n) is 9.04. The minimum absolute atomic E-state index is 0.0500. The number of ether oxygens (including phenoxy) is 2. The zero-order chi connectivity index (χ0) is 26.0. The number of aromatic nitrogens is 1. The van der Waals surface area contributed by atoms with Crippen LogP contribution in [0.15, 0.2) is 52.9 Å². The van der Waals surface area contributed by atoms with Gasteiger partial charge in [0.05, 0.1) is 25.7 Å². The van der Waals surface area contributed by atoms with Crippen LogP contribution in [0, 0.1) is 6.92 Å². The molecule has 1 aliphatic rings. The van der Waals surface area contributed by atoms with Crippen LogP contribution in [0.25, 0.3) is 11.5 Å². The van der Waals surface area contributed by atoms with Gasteiger partial charge in [-0.3, -0.25) is 14.6 Å². The van der Waals surface area contributed by atoms with Crippen molar-refractivity contribution in [3.8, 4) is 23.0 Å². The molecular formula is C28H36N4O4S. The van der Waals surface area contributed by atoms with Gasteiger partial charge in [0.15, 0.2) is 11.5 Å². The summed E-state index contributed by atoms with van der Waals surface area (Å²) in [7, 11) is 3.20. The van der Waals surface area contributed by atoms with E-state index in [9.17, 15) is 4.79 Å². The predicted molar refractivity (Wildman–Crippen MR) is 147 cm³/mol. The molecule has 4 rings (SSSR count). The lowest BCUT2D eigenvalue weighted by Gasteiger charge is -2.34. The standard InChI is InChI=1S/C28H36N4O4S/c1-21-24(30-28(36-21)23-9-10-25(34-2)26(17-23)35-3)19-37-20-27(33)29-11-12-31-13-15-32(16-14-31)18-22-7-5-4-6-8-22/h4-10,17H,11-16,18-20H2,1-3H3,(H,29,33). The Bertz CT molecular complexity index is 1150. The minimum atomic E-state index is 0.0500. The fourth-order valence-electron chi connectivity index (χ4n) is 4.31. The molecular weight excluding hydrogens is 488 g/mol. The van der Waals surface area contributed by atoms with E-state index < -0.39 is 0 Å². The summed E-state index contributed by atoms with van der Waals surface area (Å²) >= 11 is 1.54. The van der Waals surface area contributed by atoms with Crippen molar-refractivity contribution in [2.24, 2.45) is 0 Å². The molecule has 198 valence electrons. The number of carbonyl (C=O) groups is 1. The lowest BCUT2D eigenvalue weighted by Crippen LogP contribution is -2.48. The number of nitrogens with zero attached hydrogens (tertiary/aromatic N) is 3.